The summed E-state index contributed by atoms with van der Waals surface area (Å²) in [6.07, 6.45) is 0.758. The molecule has 5 heteroatoms. The highest BCUT2D eigenvalue weighted by Gasteiger charge is 2.32. The van der Waals surface area contributed by atoms with E-state index in [2.05, 4.69) is 9.97 Å². The SMILES string of the molecule is Cc1nc(Cl)cc(N2CCC(C)(O)C2)n1. The van der Waals surface area contributed by atoms with Gasteiger partial charge in [-0.2, -0.15) is 0 Å². The van der Waals surface area contributed by atoms with Crippen molar-refractivity contribution < 1.29 is 5.11 Å². The van der Waals surface area contributed by atoms with Gasteiger partial charge in [-0.15, -0.1) is 0 Å². The van der Waals surface area contributed by atoms with E-state index in [1.807, 2.05) is 18.7 Å². The highest BCUT2D eigenvalue weighted by atomic mass is 35.5. The summed E-state index contributed by atoms with van der Waals surface area (Å²) in [7, 11) is 0. The molecule has 2 rings (SSSR count). The second-order valence-electron chi connectivity index (χ2n) is 4.26. The molecule has 1 N–H and O–H groups in total. The van der Waals surface area contributed by atoms with Gasteiger partial charge in [0.1, 0.15) is 16.8 Å². The molecule has 1 unspecified atom stereocenters. The van der Waals surface area contributed by atoms with Gasteiger partial charge < -0.3 is 10.0 Å². The molecule has 15 heavy (non-hydrogen) atoms. The van der Waals surface area contributed by atoms with Crippen LogP contribution < -0.4 is 4.90 Å². The van der Waals surface area contributed by atoms with Crippen molar-refractivity contribution in [3.8, 4) is 0 Å². The van der Waals surface area contributed by atoms with E-state index in [4.69, 9.17) is 11.6 Å². The lowest BCUT2D eigenvalue weighted by molar-refractivity contribution is 0.0839. The molecule has 1 atom stereocenters. The molecule has 1 aliphatic rings. The van der Waals surface area contributed by atoms with Gasteiger partial charge in [0, 0.05) is 19.2 Å². The van der Waals surface area contributed by atoms with Crippen LogP contribution in [0.25, 0.3) is 0 Å². The van der Waals surface area contributed by atoms with E-state index in [0.29, 0.717) is 17.5 Å². The first-order valence-corrected chi connectivity index (χ1v) is 5.33. The van der Waals surface area contributed by atoms with Crippen LogP contribution in [-0.2, 0) is 0 Å². The number of rotatable bonds is 1. The fourth-order valence-corrected chi connectivity index (χ4v) is 2.04. The highest BCUT2D eigenvalue weighted by molar-refractivity contribution is 6.29. The van der Waals surface area contributed by atoms with Crippen molar-refractivity contribution in [2.45, 2.75) is 25.9 Å². The van der Waals surface area contributed by atoms with Crippen molar-refractivity contribution in [2.75, 3.05) is 18.0 Å². The van der Waals surface area contributed by atoms with Gasteiger partial charge in [0.25, 0.3) is 0 Å². The molecule has 2 heterocycles. The first-order chi connectivity index (χ1) is 6.96. The number of aliphatic hydroxyl groups is 1. The summed E-state index contributed by atoms with van der Waals surface area (Å²) < 4.78 is 0. The van der Waals surface area contributed by atoms with Crippen molar-refractivity contribution in [2.24, 2.45) is 0 Å². The van der Waals surface area contributed by atoms with Crippen LogP contribution in [0.15, 0.2) is 6.07 Å². The summed E-state index contributed by atoms with van der Waals surface area (Å²) in [5.41, 5.74) is -0.620. The topological polar surface area (TPSA) is 49.2 Å². The zero-order valence-electron chi connectivity index (χ0n) is 8.87. The third-order valence-corrected chi connectivity index (χ3v) is 2.76. The summed E-state index contributed by atoms with van der Waals surface area (Å²) in [6, 6.07) is 1.73. The van der Waals surface area contributed by atoms with Gasteiger partial charge in [0.05, 0.1) is 5.60 Å². The minimum Gasteiger partial charge on any atom is -0.388 e. The average Bonchev–Trinajstić information content (AvgIpc) is 2.44. The number of β-amino-alcohol motifs (C(OH)–C–C–N with tert-alkyl or cyclic N) is 1. The lowest BCUT2D eigenvalue weighted by atomic mass is 10.1. The van der Waals surface area contributed by atoms with E-state index in [1.165, 1.54) is 0 Å². The summed E-state index contributed by atoms with van der Waals surface area (Å²) in [5, 5.41) is 10.3. The Bertz CT molecular complexity index is 361. The minimum atomic E-state index is -0.620. The summed E-state index contributed by atoms with van der Waals surface area (Å²) in [6.45, 7) is 5.05. The lowest BCUT2D eigenvalue weighted by Crippen LogP contribution is -2.30. The molecule has 0 aliphatic carbocycles. The monoisotopic (exact) mass is 227 g/mol. The third kappa shape index (κ3) is 2.38. The van der Waals surface area contributed by atoms with E-state index < -0.39 is 5.60 Å². The van der Waals surface area contributed by atoms with Crippen molar-refractivity contribution in [1.82, 2.24) is 9.97 Å². The summed E-state index contributed by atoms with van der Waals surface area (Å²) in [4.78, 5) is 10.3. The molecular formula is C10H14ClN3O. The number of aromatic nitrogens is 2. The van der Waals surface area contributed by atoms with Crippen LogP contribution in [0, 0.1) is 6.92 Å². The first-order valence-electron chi connectivity index (χ1n) is 4.95. The van der Waals surface area contributed by atoms with E-state index >= 15 is 0 Å². The molecular weight excluding hydrogens is 214 g/mol. The van der Waals surface area contributed by atoms with Gasteiger partial charge in [0.15, 0.2) is 0 Å². The van der Waals surface area contributed by atoms with Crippen LogP contribution in [0.3, 0.4) is 0 Å². The Kier molecular flexibility index (Phi) is 2.56. The molecule has 0 bridgehead atoms. The zero-order valence-corrected chi connectivity index (χ0v) is 9.62. The number of halogens is 1. The third-order valence-electron chi connectivity index (χ3n) is 2.57. The molecule has 82 valence electrons. The Morgan fingerprint density at radius 1 is 1.53 bits per heavy atom. The predicted octanol–water partition coefficient (Wildman–Crippen LogP) is 1.40. The van der Waals surface area contributed by atoms with E-state index in [-0.39, 0.29) is 0 Å². The Balaban J connectivity index is 2.24. The van der Waals surface area contributed by atoms with Crippen LogP contribution in [0.1, 0.15) is 19.2 Å². The van der Waals surface area contributed by atoms with E-state index in [9.17, 15) is 5.11 Å². The van der Waals surface area contributed by atoms with Crippen LogP contribution in [0.2, 0.25) is 5.15 Å². The second-order valence-corrected chi connectivity index (χ2v) is 4.65. The second kappa shape index (κ2) is 3.61. The fourth-order valence-electron chi connectivity index (χ4n) is 1.82. The van der Waals surface area contributed by atoms with Crippen LogP contribution in [0.4, 0.5) is 5.82 Å². The zero-order chi connectivity index (χ0) is 11.1. The first kappa shape index (κ1) is 10.6. The predicted molar refractivity (Wildman–Crippen MR) is 59.2 cm³/mol. The Morgan fingerprint density at radius 3 is 2.80 bits per heavy atom. The van der Waals surface area contributed by atoms with E-state index in [1.54, 1.807) is 6.07 Å². The Labute approximate surface area is 93.9 Å². The molecule has 0 saturated carbocycles. The van der Waals surface area contributed by atoms with Crippen molar-refractivity contribution in [3.05, 3.63) is 17.0 Å². The van der Waals surface area contributed by atoms with Crippen LogP contribution >= 0.6 is 11.6 Å². The van der Waals surface area contributed by atoms with Gasteiger partial charge in [-0.25, -0.2) is 9.97 Å². The van der Waals surface area contributed by atoms with Crippen LogP contribution in [-0.4, -0.2) is 33.8 Å². The molecule has 4 nitrogen and oxygen atoms in total. The number of hydrogen-bond acceptors (Lipinski definition) is 4. The molecule has 1 aliphatic heterocycles. The normalized spacial score (nSPS) is 26.0. The van der Waals surface area contributed by atoms with Gasteiger partial charge in [-0.3, -0.25) is 0 Å². The quantitative estimate of drug-likeness (QED) is 0.737. The Hall–Kier alpha value is -0.870. The van der Waals surface area contributed by atoms with Crippen molar-refractivity contribution in [1.29, 1.82) is 0 Å². The number of hydrogen-bond donors (Lipinski definition) is 1. The molecule has 0 spiro atoms. The molecule has 0 radical (unpaired) electrons. The maximum Gasteiger partial charge on any atom is 0.134 e. The molecule has 0 amide bonds. The highest BCUT2D eigenvalue weighted by Crippen LogP contribution is 2.26. The van der Waals surface area contributed by atoms with Gasteiger partial charge in [-0.05, 0) is 20.3 Å². The summed E-state index contributed by atoms with van der Waals surface area (Å²) >= 11 is 5.86. The fraction of sp³-hybridized carbons (Fsp3) is 0.600. The average molecular weight is 228 g/mol. The standard InChI is InChI=1S/C10H14ClN3O/c1-7-12-8(11)5-9(13-7)14-4-3-10(2,15)6-14/h5,15H,3-4,6H2,1-2H3. The van der Waals surface area contributed by atoms with Crippen LogP contribution in [0.5, 0.6) is 0 Å². The maximum atomic E-state index is 9.85. The van der Waals surface area contributed by atoms with Crippen molar-refractivity contribution >= 4 is 17.4 Å². The van der Waals surface area contributed by atoms with Gasteiger partial charge >= 0.3 is 0 Å². The summed E-state index contributed by atoms with van der Waals surface area (Å²) in [5.74, 6) is 1.45. The maximum absolute atomic E-state index is 9.85. The number of nitrogens with zero attached hydrogens (tertiary/aromatic N) is 3. The van der Waals surface area contributed by atoms with E-state index in [0.717, 1.165) is 18.8 Å². The van der Waals surface area contributed by atoms with Gasteiger partial charge in [0.2, 0.25) is 0 Å². The van der Waals surface area contributed by atoms with Gasteiger partial charge in [-0.1, -0.05) is 11.6 Å². The molecule has 1 aromatic rings. The number of aryl methyl sites for hydroxylation is 1. The minimum absolute atomic E-state index is 0.448. The van der Waals surface area contributed by atoms with Crippen molar-refractivity contribution in [3.63, 3.8) is 0 Å². The largest absolute Gasteiger partial charge is 0.388 e. The Morgan fingerprint density at radius 2 is 2.27 bits per heavy atom. The lowest BCUT2D eigenvalue weighted by Gasteiger charge is -2.20. The molecule has 1 saturated heterocycles. The smallest absolute Gasteiger partial charge is 0.134 e. The molecule has 0 aromatic carbocycles. The number of anilines is 1. The molecule has 1 fully saturated rings. The molecule has 1 aromatic heterocycles.